The first kappa shape index (κ1) is 11.6. The molecule has 1 fully saturated rings. The van der Waals surface area contributed by atoms with Crippen molar-refractivity contribution in [3.05, 3.63) is 20.8 Å². The highest BCUT2D eigenvalue weighted by atomic mass is 79.9. The van der Waals surface area contributed by atoms with Gasteiger partial charge in [-0.3, -0.25) is 0 Å². The third-order valence-corrected chi connectivity index (χ3v) is 4.46. The Labute approximate surface area is 104 Å². The lowest BCUT2D eigenvalue weighted by Gasteiger charge is -2.19. The van der Waals surface area contributed by atoms with Gasteiger partial charge >= 0.3 is 0 Å². The number of halogens is 1. The maximum absolute atomic E-state index is 3.49. The SMILES string of the molecule is CN(Cc1cc(Br)cs1)CC1CCNC1. The van der Waals surface area contributed by atoms with E-state index in [9.17, 15) is 0 Å². The van der Waals surface area contributed by atoms with Crippen LogP contribution >= 0.6 is 27.3 Å². The van der Waals surface area contributed by atoms with Gasteiger partial charge in [0.2, 0.25) is 0 Å². The van der Waals surface area contributed by atoms with Crippen molar-refractivity contribution < 1.29 is 0 Å². The summed E-state index contributed by atoms with van der Waals surface area (Å²) in [6.07, 6.45) is 1.33. The molecule has 0 radical (unpaired) electrons. The predicted octanol–water partition coefficient (Wildman–Crippen LogP) is 2.55. The van der Waals surface area contributed by atoms with Gasteiger partial charge in [-0.15, -0.1) is 11.3 Å². The van der Waals surface area contributed by atoms with Crippen LogP contribution in [0.25, 0.3) is 0 Å². The zero-order chi connectivity index (χ0) is 10.7. The van der Waals surface area contributed by atoms with Crippen LogP contribution in [0, 0.1) is 5.92 Å². The average molecular weight is 289 g/mol. The minimum Gasteiger partial charge on any atom is -0.316 e. The number of nitrogens with zero attached hydrogens (tertiary/aromatic N) is 1. The molecular weight excluding hydrogens is 272 g/mol. The summed E-state index contributed by atoms with van der Waals surface area (Å²) in [7, 11) is 2.21. The zero-order valence-electron chi connectivity index (χ0n) is 9.00. The first-order valence-corrected chi connectivity index (χ1v) is 7.03. The number of hydrogen-bond acceptors (Lipinski definition) is 3. The van der Waals surface area contributed by atoms with Crippen LogP contribution in [0.4, 0.5) is 0 Å². The lowest BCUT2D eigenvalue weighted by molar-refractivity contribution is 0.280. The molecule has 1 unspecified atom stereocenters. The van der Waals surface area contributed by atoms with Gasteiger partial charge in [0.05, 0.1) is 0 Å². The van der Waals surface area contributed by atoms with Crippen molar-refractivity contribution in [1.29, 1.82) is 0 Å². The Morgan fingerprint density at radius 2 is 2.53 bits per heavy atom. The van der Waals surface area contributed by atoms with Gasteiger partial charge in [-0.2, -0.15) is 0 Å². The molecule has 0 bridgehead atoms. The fraction of sp³-hybridized carbons (Fsp3) is 0.636. The molecule has 1 aromatic heterocycles. The number of rotatable bonds is 4. The molecule has 15 heavy (non-hydrogen) atoms. The largest absolute Gasteiger partial charge is 0.316 e. The van der Waals surface area contributed by atoms with Crippen LogP contribution in [0.2, 0.25) is 0 Å². The van der Waals surface area contributed by atoms with Crippen LogP contribution in [0.3, 0.4) is 0 Å². The third kappa shape index (κ3) is 3.55. The van der Waals surface area contributed by atoms with E-state index in [2.05, 4.69) is 44.6 Å². The minimum atomic E-state index is 0.846. The van der Waals surface area contributed by atoms with Crippen LogP contribution in [-0.4, -0.2) is 31.6 Å². The molecule has 1 atom stereocenters. The van der Waals surface area contributed by atoms with E-state index in [4.69, 9.17) is 0 Å². The normalized spacial score (nSPS) is 21.4. The summed E-state index contributed by atoms with van der Waals surface area (Å²) in [6.45, 7) is 4.68. The second kappa shape index (κ2) is 5.43. The van der Waals surface area contributed by atoms with Gasteiger partial charge in [0.15, 0.2) is 0 Å². The summed E-state index contributed by atoms with van der Waals surface area (Å²) in [5.41, 5.74) is 0. The Balaban J connectivity index is 1.78. The predicted molar refractivity (Wildman–Crippen MR) is 69.3 cm³/mol. The molecule has 4 heteroatoms. The number of nitrogens with one attached hydrogen (secondary N) is 1. The summed E-state index contributed by atoms with van der Waals surface area (Å²) in [6, 6.07) is 2.22. The zero-order valence-corrected chi connectivity index (χ0v) is 11.4. The third-order valence-electron chi connectivity index (χ3n) is 2.78. The summed E-state index contributed by atoms with van der Waals surface area (Å²) >= 11 is 5.32. The van der Waals surface area contributed by atoms with E-state index >= 15 is 0 Å². The molecule has 0 spiro atoms. The van der Waals surface area contributed by atoms with Crippen LogP contribution in [0.5, 0.6) is 0 Å². The van der Waals surface area contributed by atoms with E-state index in [1.165, 1.54) is 35.4 Å². The van der Waals surface area contributed by atoms with Crippen LogP contribution in [0.1, 0.15) is 11.3 Å². The van der Waals surface area contributed by atoms with Crippen molar-refractivity contribution >= 4 is 27.3 Å². The van der Waals surface area contributed by atoms with Gasteiger partial charge in [0.25, 0.3) is 0 Å². The topological polar surface area (TPSA) is 15.3 Å². The molecule has 2 rings (SSSR count). The lowest BCUT2D eigenvalue weighted by Crippen LogP contribution is -2.26. The molecule has 84 valence electrons. The smallest absolute Gasteiger partial charge is 0.0325 e. The van der Waals surface area contributed by atoms with Gasteiger partial charge in [0, 0.05) is 27.8 Å². The number of hydrogen-bond donors (Lipinski definition) is 1. The summed E-state index contributed by atoms with van der Waals surface area (Å²) in [4.78, 5) is 3.87. The minimum absolute atomic E-state index is 0.846. The Morgan fingerprint density at radius 3 is 3.13 bits per heavy atom. The van der Waals surface area contributed by atoms with E-state index in [-0.39, 0.29) is 0 Å². The van der Waals surface area contributed by atoms with Crippen molar-refractivity contribution in [1.82, 2.24) is 10.2 Å². The number of thiophene rings is 1. The average Bonchev–Trinajstić information content (AvgIpc) is 2.77. The molecule has 0 aliphatic carbocycles. The summed E-state index contributed by atoms with van der Waals surface area (Å²) < 4.78 is 1.21. The first-order valence-electron chi connectivity index (χ1n) is 5.36. The van der Waals surface area contributed by atoms with E-state index in [1.807, 2.05) is 11.3 Å². The Bertz CT molecular complexity index is 307. The van der Waals surface area contributed by atoms with Crippen molar-refractivity contribution in [2.24, 2.45) is 5.92 Å². The van der Waals surface area contributed by atoms with E-state index in [1.54, 1.807) is 0 Å². The fourth-order valence-electron chi connectivity index (χ4n) is 2.08. The van der Waals surface area contributed by atoms with Crippen molar-refractivity contribution in [3.8, 4) is 0 Å². The second-order valence-electron chi connectivity index (χ2n) is 4.29. The second-order valence-corrected chi connectivity index (χ2v) is 6.20. The summed E-state index contributed by atoms with van der Waals surface area (Å²) in [5.74, 6) is 0.846. The van der Waals surface area contributed by atoms with Gasteiger partial charge in [-0.25, -0.2) is 0 Å². The molecule has 1 saturated heterocycles. The molecule has 1 aliphatic rings. The van der Waals surface area contributed by atoms with Gasteiger partial charge in [-0.1, -0.05) is 0 Å². The van der Waals surface area contributed by atoms with Crippen LogP contribution < -0.4 is 5.32 Å². The van der Waals surface area contributed by atoms with E-state index in [0.29, 0.717) is 0 Å². The van der Waals surface area contributed by atoms with Gasteiger partial charge in [-0.05, 0) is 54.5 Å². The van der Waals surface area contributed by atoms with Crippen molar-refractivity contribution in [3.63, 3.8) is 0 Å². The highest BCUT2D eigenvalue weighted by Gasteiger charge is 2.16. The highest BCUT2D eigenvalue weighted by Crippen LogP contribution is 2.21. The van der Waals surface area contributed by atoms with Crippen molar-refractivity contribution in [2.75, 3.05) is 26.7 Å². The summed E-state index contributed by atoms with van der Waals surface area (Å²) in [5, 5.41) is 5.57. The molecule has 0 aromatic carbocycles. The monoisotopic (exact) mass is 288 g/mol. The molecule has 1 N–H and O–H groups in total. The molecular formula is C11H17BrN2S. The van der Waals surface area contributed by atoms with Crippen molar-refractivity contribution in [2.45, 2.75) is 13.0 Å². The highest BCUT2D eigenvalue weighted by molar-refractivity contribution is 9.10. The Morgan fingerprint density at radius 1 is 1.67 bits per heavy atom. The Kier molecular flexibility index (Phi) is 4.20. The molecule has 2 heterocycles. The maximum Gasteiger partial charge on any atom is 0.0325 e. The van der Waals surface area contributed by atoms with E-state index in [0.717, 1.165) is 12.5 Å². The standard InChI is InChI=1S/C11H17BrN2S/c1-14(6-9-2-3-13-5-9)7-11-4-10(12)8-15-11/h4,8-9,13H,2-3,5-7H2,1H3. The van der Waals surface area contributed by atoms with Crippen LogP contribution in [0.15, 0.2) is 15.9 Å². The van der Waals surface area contributed by atoms with Crippen LogP contribution in [-0.2, 0) is 6.54 Å². The van der Waals surface area contributed by atoms with Gasteiger partial charge in [0.1, 0.15) is 0 Å². The van der Waals surface area contributed by atoms with E-state index < -0.39 is 0 Å². The maximum atomic E-state index is 3.49. The lowest BCUT2D eigenvalue weighted by atomic mass is 10.1. The molecule has 2 nitrogen and oxygen atoms in total. The van der Waals surface area contributed by atoms with Gasteiger partial charge < -0.3 is 10.2 Å². The molecule has 0 amide bonds. The molecule has 1 aromatic rings. The quantitative estimate of drug-likeness (QED) is 0.916. The Hall–Kier alpha value is 0.1000. The first-order chi connectivity index (χ1) is 7.24. The fourth-order valence-corrected chi connectivity index (χ4v) is 3.61. The molecule has 1 aliphatic heterocycles. The molecule has 0 saturated carbocycles.